The van der Waals surface area contributed by atoms with Gasteiger partial charge in [-0.15, -0.1) is 0 Å². The summed E-state index contributed by atoms with van der Waals surface area (Å²) in [5.74, 6) is 0.0138. The molecule has 3 N–H and O–H groups in total. The average Bonchev–Trinajstić information content (AvgIpc) is 3.31. The predicted molar refractivity (Wildman–Crippen MR) is 130 cm³/mol. The summed E-state index contributed by atoms with van der Waals surface area (Å²) in [4.78, 5) is 25.7. The summed E-state index contributed by atoms with van der Waals surface area (Å²) in [6, 6.07) is 14.4. The van der Waals surface area contributed by atoms with Gasteiger partial charge in [-0.25, -0.2) is 19.2 Å². The fourth-order valence-corrected chi connectivity index (χ4v) is 3.53. The highest BCUT2D eigenvalue weighted by Gasteiger charge is 2.11. The van der Waals surface area contributed by atoms with Crippen LogP contribution >= 0.6 is 11.6 Å². The van der Waals surface area contributed by atoms with E-state index in [1.54, 1.807) is 30.7 Å². The first-order valence-corrected chi connectivity index (χ1v) is 10.6. The first kappa shape index (κ1) is 21.4. The number of carbonyl (C=O) groups is 1. The van der Waals surface area contributed by atoms with Gasteiger partial charge in [-0.2, -0.15) is 0 Å². The molecule has 34 heavy (non-hydrogen) atoms. The van der Waals surface area contributed by atoms with E-state index in [9.17, 15) is 9.18 Å². The first-order chi connectivity index (χ1) is 16.5. The van der Waals surface area contributed by atoms with Crippen molar-refractivity contribution in [1.29, 1.82) is 0 Å². The van der Waals surface area contributed by atoms with E-state index in [0.29, 0.717) is 28.5 Å². The van der Waals surface area contributed by atoms with Crippen molar-refractivity contribution in [3.8, 4) is 11.3 Å². The Morgan fingerprint density at radius 3 is 2.59 bits per heavy atom. The van der Waals surface area contributed by atoms with Gasteiger partial charge in [-0.1, -0.05) is 23.7 Å². The summed E-state index contributed by atoms with van der Waals surface area (Å²) in [5.41, 5.74) is 3.83. The maximum absolute atomic E-state index is 13.3. The molecule has 0 fully saturated rings. The summed E-state index contributed by atoms with van der Waals surface area (Å²) in [6.07, 6.45) is 8.78. The quantitative estimate of drug-likeness (QED) is 0.292. The third-order valence-electron chi connectivity index (χ3n) is 4.89. The van der Waals surface area contributed by atoms with Crippen LogP contribution in [0.4, 0.5) is 32.1 Å². The van der Waals surface area contributed by atoms with Crippen molar-refractivity contribution in [3.63, 3.8) is 0 Å². The fourth-order valence-electron chi connectivity index (χ4n) is 3.35. The van der Waals surface area contributed by atoms with Crippen LogP contribution in [0, 0.1) is 5.82 Å². The molecule has 0 spiro atoms. The van der Waals surface area contributed by atoms with Gasteiger partial charge in [-0.3, -0.25) is 4.98 Å². The molecule has 0 atom stereocenters. The second-order valence-electron chi connectivity index (χ2n) is 7.29. The van der Waals surface area contributed by atoms with E-state index in [1.165, 1.54) is 18.2 Å². The molecule has 8 nitrogen and oxygen atoms in total. The van der Waals surface area contributed by atoms with E-state index in [2.05, 4.69) is 25.9 Å². The molecule has 5 rings (SSSR count). The molecule has 3 aromatic heterocycles. The van der Waals surface area contributed by atoms with E-state index < -0.39 is 11.8 Å². The highest BCUT2D eigenvalue weighted by Crippen LogP contribution is 2.26. The number of nitrogens with one attached hydrogen (secondary N) is 3. The number of benzene rings is 2. The van der Waals surface area contributed by atoms with Crippen molar-refractivity contribution in [2.24, 2.45) is 0 Å². The van der Waals surface area contributed by atoms with Gasteiger partial charge in [0.25, 0.3) is 0 Å². The molecule has 0 bridgehead atoms. The van der Waals surface area contributed by atoms with Gasteiger partial charge in [-0.05, 0) is 42.5 Å². The first-order valence-electron chi connectivity index (χ1n) is 10.2. The Kier molecular flexibility index (Phi) is 5.75. The number of fused-ring (bicyclic) bond motifs is 1. The molecule has 168 valence electrons. The molecule has 0 unspecified atom stereocenters. The van der Waals surface area contributed by atoms with E-state index in [-0.39, 0.29) is 5.02 Å². The molecule has 2 amide bonds. The minimum Gasteiger partial charge on any atom is -0.336 e. The monoisotopic (exact) mass is 473 g/mol. The zero-order valence-corrected chi connectivity index (χ0v) is 18.3. The number of carbonyl (C=O) groups excluding carboxylic acids is 1. The molecule has 5 aromatic rings. The molecule has 0 saturated carbocycles. The lowest BCUT2D eigenvalue weighted by Crippen LogP contribution is -2.19. The Balaban J connectivity index is 1.39. The summed E-state index contributed by atoms with van der Waals surface area (Å²) >= 11 is 5.77. The number of pyridine rings is 1. The number of rotatable bonds is 5. The standard InChI is InChI=1S/C24H17ClFN7O/c25-19-12-17(6-7-20(19)26)31-24(34)30-16-4-1-3-15(11-16)21-14-33-10-9-28-23(33)22(32-21)29-18-5-2-8-27-13-18/h1-14H,(H,29,32)(H2,30,31,34). The van der Waals surface area contributed by atoms with Crippen LogP contribution in [0.5, 0.6) is 0 Å². The molecule has 0 aliphatic heterocycles. The lowest BCUT2D eigenvalue weighted by Gasteiger charge is -2.11. The van der Waals surface area contributed by atoms with Gasteiger partial charge in [0.1, 0.15) is 5.82 Å². The second-order valence-corrected chi connectivity index (χ2v) is 7.70. The highest BCUT2D eigenvalue weighted by molar-refractivity contribution is 6.31. The third kappa shape index (κ3) is 4.64. The number of nitrogens with zero attached hydrogens (tertiary/aromatic N) is 4. The number of amides is 2. The van der Waals surface area contributed by atoms with E-state index in [0.717, 1.165) is 11.3 Å². The maximum Gasteiger partial charge on any atom is 0.323 e. The fraction of sp³-hybridized carbons (Fsp3) is 0. The van der Waals surface area contributed by atoms with E-state index in [4.69, 9.17) is 16.6 Å². The number of hydrogen-bond acceptors (Lipinski definition) is 5. The normalized spacial score (nSPS) is 10.8. The molecule has 10 heteroatoms. The minimum atomic E-state index is -0.555. The maximum atomic E-state index is 13.3. The van der Waals surface area contributed by atoms with Crippen molar-refractivity contribution in [3.05, 3.63) is 96.4 Å². The smallest absolute Gasteiger partial charge is 0.323 e. The Morgan fingerprint density at radius 2 is 1.79 bits per heavy atom. The molecular formula is C24H17ClFN7O. The number of urea groups is 1. The topological polar surface area (TPSA) is 96.2 Å². The van der Waals surface area contributed by atoms with Gasteiger partial charge in [0.2, 0.25) is 0 Å². The second kappa shape index (κ2) is 9.16. The van der Waals surface area contributed by atoms with Crippen molar-refractivity contribution in [1.82, 2.24) is 19.4 Å². The molecule has 0 aliphatic rings. The molecule has 3 heterocycles. The highest BCUT2D eigenvalue weighted by atomic mass is 35.5. The van der Waals surface area contributed by atoms with Gasteiger partial charge in [0, 0.05) is 41.7 Å². The van der Waals surface area contributed by atoms with Gasteiger partial charge >= 0.3 is 6.03 Å². The summed E-state index contributed by atoms with van der Waals surface area (Å²) in [7, 11) is 0. The zero-order valence-electron chi connectivity index (χ0n) is 17.5. The SMILES string of the molecule is O=C(Nc1cccc(-c2cn3ccnc3c(Nc3cccnc3)n2)c1)Nc1ccc(F)c(Cl)c1. The van der Waals surface area contributed by atoms with Crippen LogP contribution in [0.2, 0.25) is 5.02 Å². The van der Waals surface area contributed by atoms with Crippen LogP contribution in [0.1, 0.15) is 0 Å². The molecular weight excluding hydrogens is 457 g/mol. The number of anilines is 4. The van der Waals surface area contributed by atoms with Crippen LogP contribution < -0.4 is 16.0 Å². The van der Waals surface area contributed by atoms with Gasteiger partial charge < -0.3 is 20.4 Å². The number of halogens is 2. The largest absolute Gasteiger partial charge is 0.336 e. The van der Waals surface area contributed by atoms with Crippen molar-refractivity contribution >= 4 is 46.2 Å². The third-order valence-corrected chi connectivity index (χ3v) is 5.18. The zero-order chi connectivity index (χ0) is 23.5. The molecule has 2 aromatic carbocycles. The van der Waals surface area contributed by atoms with Crippen LogP contribution in [0.25, 0.3) is 16.9 Å². The Morgan fingerprint density at radius 1 is 0.971 bits per heavy atom. The summed E-state index contributed by atoms with van der Waals surface area (Å²) < 4.78 is 15.2. The van der Waals surface area contributed by atoms with Crippen LogP contribution in [0.15, 0.2) is 85.6 Å². The summed E-state index contributed by atoms with van der Waals surface area (Å²) in [6.45, 7) is 0. The number of aromatic nitrogens is 4. The van der Waals surface area contributed by atoms with Crippen LogP contribution in [-0.4, -0.2) is 25.4 Å². The number of imidazole rings is 1. The minimum absolute atomic E-state index is 0.0727. The Bertz CT molecular complexity index is 1490. The summed E-state index contributed by atoms with van der Waals surface area (Å²) in [5, 5.41) is 8.57. The molecule has 0 aliphatic carbocycles. The average molecular weight is 474 g/mol. The van der Waals surface area contributed by atoms with E-state index in [1.807, 2.05) is 41.1 Å². The van der Waals surface area contributed by atoms with Crippen LogP contribution in [0.3, 0.4) is 0 Å². The number of hydrogen-bond donors (Lipinski definition) is 3. The Hall–Kier alpha value is -4.50. The lowest BCUT2D eigenvalue weighted by molar-refractivity contribution is 0.262. The van der Waals surface area contributed by atoms with Crippen molar-refractivity contribution < 1.29 is 9.18 Å². The van der Waals surface area contributed by atoms with Crippen molar-refractivity contribution in [2.75, 3.05) is 16.0 Å². The molecule has 0 radical (unpaired) electrons. The van der Waals surface area contributed by atoms with Crippen molar-refractivity contribution in [2.45, 2.75) is 0 Å². The lowest BCUT2D eigenvalue weighted by atomic mass is 10.1. The van der Waals surface area contributed by atoms with Gasteiger partial charge in [0.05, 0.1) is 22.6 Å². The van der Waals surface area contributed by atoms with Gasteiger partial charge in [0.15, 0.2) is 11.5 Å². The predicted octanol–water partition coefficient (Wildman–Crippen LogP) is 5.97. The van der Waals surface area contributed by atoms with Crippen LogP contribution in [-0.2, 0) is 0 Å². The van der Waals surface area contributed by atoms with E-state index >= 15 is 0 Å². The molecule has 0 saturated heterocycles. The Labute approximate surface area is 198 Å².